The third-order valence-electron chi connectivity index (χ3n) is 3.52. The topological polar surface area (TPSA) is 130 Å². The van der Waals surface area contributed by atoms with E-state index in [1.807, 2.05) is 0 Å². The van der Waals surface area contributed by atoms with E-state index in [1.54, 1.807) is 0 Å². The molecule has 0 radical (unpaired) electrons. The Morgan fingerprint density at radius 2 is 2.08 bits per heavy atom. The van der Waals surface area contributed by atoms with Gasteiger partial charge in [0.25, 0.3) is 5.91 Å². The number of β-lactam (4-membered cyclic amide) rings is 1. The van der Waals surface area contributed by atoms with Gasteiger partial charge >= 0.3 is 11.9 Å². The number of ether oxygens (including phenoxy) is 1. The highest BCUT2D eigenvalue weighted by atomic mass is 35.5. The second kappa shape index (κ2) is 7.87. The van der Waals surface area contributed by atoms with Crippen molar-refractivity contribution in [3.8, 4) is 0 Å². The van der Waals surface area contributed by atoms with E-state index in [0.29, 0.717) is 5.57 Å². The van der Waals surface area contributed by atoms with Gasteiger partial charge in [-0.05, 0) is 0 Å². The first-order valence-corrected chi connectivity index (χ1v) is 8.75. The Kier molecular flexibility index (Phi) is 6.07. The molecule has 2 heterocycles. The summed E-state index contributed by atoms with van der Waals surface area (Å²) in [5, 5.41) is 11.2. The molecule has 1 saturated heterocycles. The van der Waals surface area contributed by atoms with Gasteiger partial charge in [0.2, 0.25) is 5.91 Å². The summed E-state index contributed by atoms with van der Waals surface area (Å²) >= 11 is 6.57. The molecule has 2 atom stereocenters. The number of Topliss-reactive ketones (excluding diaryl/α,β-unsaturated/α-hetero) is 1. The minimum Gasteiger partial charge on any atom is -0.477 e. The summed E-state index contributed by atoms with van der Waals surface area (Å²) in [7, 11) is 0. The highest BCUT2D eigenvalue weighted by Gasteiger charge is 2.54. The fourth-order valence-electron chi connectivity index (χ4n) is 2.43. The molecule has 25 heavy (non-hydrogen) atoms. The van der Waals surface area contributed by atoms with Crippen LogP contribution in [-0.2, 0) is 28.7 Å². The summed E-state index contributed by atoms with van der Waals surface area (Å²) in [4.78, 5) is 58.6. The summed E-state index contributed by atoms with van der Waals surface area (Å²) in [5.41, 5.74) is 0.0664. The number of rotatable bonds is 7. The summed E-state index contributed by atoms with van der Waals surface area (Å²) < 4.78 is 4.82. The van der Waals surface area contributed by atoms with Gasteiger partial charge in [-0.2, -0.15) is 0 Å². The zero-order chi connectivity index (χ0) is 18.7. The number of ketones is 1. The predicted molar refractivity (Wildman–Crippen MR) is 86.7 cm³/mol. The van der Waals surface area contributed by atoms with Crippen LogP contribution in [0.25, 0.3) is 0 Å². The van der Waals surface area contributed by atoms with Crippen molar-refractivity contribution in [1.29, 1.82) is 0 Å². The highest BCUT2D eigenvalue weighted by Crippen LogP contribution is 2.40. The third kappa shape index (κ3) is 4.13. The average Bonchev–Trinajstić information content (AvgIpc) is 2.56. The lowest BCUT2D eigenvalue weighted by molar-refractivity contribution is -0.151. The van der Waals surface area contributed by atoms with Crippen LogP contribution in [0, 0.1) is 0 Å². The van der Waals surface area contributed by atoms with Crippen LogP contribution in [0.2, 0.25) is 0 Å². The van der Waals surface area contributed by atoms with E-state index in [0.717, 1.165) is 4.90 Å². The molecule has 0 spiro atoms. The lowest BCUT2D eigenvalue weighted by atomic mass is 10.0. The van der Waals surface area contributed by atoms with E-state index >= 15 is 0 Å². The molecule has 2 amide bonds. The molecule has 0 bridgehead atoms. The fourth-order valence-corrected chi connectivity index (χ4v) is 3.86. The van der Waals surface area contributed by atoms with Crippen molar-refractivity contribution < 1.29 is 33.8 Å². The van der Waals surface area contributed by atoms with Crippen LogP contribution in [0.15, 0.2) is 11.3 Å². The van der Waals surface area contributed by atoms with Crippen molar-refractivity contribution in [1.82, 2.24) is 10.2 Å². The van der Waals surface area contributed by atoms with Crippen molar-refractivity contribution in [2.45, 2.75) is 24.8 Å². The maximum Gasteiger partial charge on any atom is 0.352 e. The monoisotopic (exact) mass is 390 g/mol. The van der Waals surface area contributed by atoms with E-state index in [4.69, 9.17) is 16.3 Å². The van der Waals surface area contributed by atoms with E-state index < -0.39 is 47.4 Å². The molecular weight excluding hydrogens is 376 g/mol. The molecule has 1 fully saturated rings. The maximum atomic E-state index is 12.3. The molecule has 0 aromatic heterocycles. The highest BCUT2D eigenvalue weighted by molar-refractivity contribution is 8.00. The molecule has 136 valence electrons. The number of esters is 1. The first-order chi connectivity index (χ1) is 11.8. The normalized spacial score (nSPS) is 22.0. The Bertz CT molecular complexity index is 678. The van der Waals surface area contributed by atoms with E-state index in [1.165, 1.54) is 18.7 Å². The van der Waals surface area contributed by atoms with Crippen LogP contribution in [0.3, 0.4) is 0 Å². The number of halogens is 1. The smallest absolute Gasteiger partial charge is 0.352 e. The Hall–Kier alpha value is -2.07. The molecule has 2 aliphatic rings. The molecular formula is C14H15ClN2O7S. The molecule has 2 N–H and O–H groups in total. The van der Waals surface area contributed by atoms with Gasteiger partial charge in [0.15, 0.2) is 5.78 Å². The minimum atomic E-state index is -1.32. The number of carboxylic acids is 1. The standard InChI is InChI=1S/C14H15ClN2O7S/c1-6(18)24-4-7-5-25-13-10(16-9(20)2-8(19)3-15)12(21)17(13)11(7)14(22)23/h10,13H,2-5H2,1H3,(H,16,20)(H,22,23). The van der Waals surface area contributed by atoms with Gasteiger partial charge in [-0.3, -0.25) is 24.1 Å². The Morgan fingerprint density at radius 3 is 2.64 bits per heavy atom. The number of alkyl halides is 1. The van der Waals surface area contributed by atoms with Crippen molar-refractivity contribution >= 4 is 52.9 Å². The van der Waals surface area contributed by atoms with Crippen LogP contribution in [0.1, 0.15) is 13.3 Å². The molecule has 0 aromatic rings. The lowest BCUT2D eigenvalue weighted by Gasteiger charge is -2.49. The van der Waals surface area contributed by atoms with E-state index in [-0.39, 0.29) is 23.9 Å². The number of carbonyl (C=O) groups excluding carboxylic acids is 4. The van der Waals surface area contributed by atoms with Crippen LogP contribution in [0.5, 0.6) is 0 Å². The number of carboxylic acid groups (broad SMARTS) is 1. The summed E-state index contributed by atoms with van der Waals surface area (Å²) in [6.45, 7) is 0.976. The Morgan fingerprint density at radius 1 is 1.40 bits per heavy atom. The lowest BCUT2D eigenvalue weighted by Crippen LogP contribution is -2.70. The van der Waals surface area contributed by atoms with Gasteiger partial charge < -0.3 is 15.2 Å². The second-order valence-corrected chi connectivity index (χ2v) is 6.71. The average molecular weight is 391 g/mol. The zero-order valence-corrected chi connectivity index (χ0v) is 14.7. The molecule has 0 aliphatic carbocycles. The van der Waals surface area contributed by atoms with Crippen molar-refractivity contribution in [3.63, 3.8) is 0 Å². The number of thioether (sulfide) groups is 1. The van der Waals surface area contributed by atoms with Crippen LogP contribution in [-0.4, -0.2) is 69.2 Å². The molecule has 9 nitrogen and oxygen atoms in total. The molecule has 2 unspecified atom stereocenters. The van der Waals surface area contributed by atoms with E-state index in [9.17, 15) is 29.1 Å². The van der Waals surface area contributed by atoms with Crippen LogP contribution < -0.4 is 5.32 Å². The van der Waals surface area contributed by atoms with Gasteiger partial charge in [-0.1, -0.05) is 0 Å². The van der Waals surface area contributed by atoms with Crippen LogP contribution in [0.4, 0.5) is 0 Å². The summed E-state index contributed by atoms with van der Waals surface area (Å²) in [5.74, 6) is -3.67. The van der Waals surface area contributed by atoms with Crippen molar-refractivity contribution in [3.05, 3.63) is 11.3 Å². The molecule has 2 aliphatic heterocycles. The first-order valence-electron chi connectivity index (χ1n) is 7.16. The zero-order valence-electron chi connectivity index (χ0n) is 13.1. The number of nitrogens with zero attached hydrogens (tertiary/aromatic N) is 1. The van der Waals surface area contributed by atoms with Gasteiger partial charge in [-0.25, -0.2) is 4.79 Å². The maximum absolute atomic E-state index is 12.3. The Labute approximate surface area is 151 Å². The van der Waals surface area contributed by atoms with Crippen LogP contribution >= 0.6 is 23.4 Å². The number of amides is 2. The summed E-state index contributed by atoms with van der Waals surface area (Å²) in [6.07, 6.45) is -0.440. The molecule has 2 rings (SSSR count). The predicted octanol–water partition coefficient (Wildman–Crippen LogP) is -0.514. The first kappa shape index (κ1) is 19.3. The third-order valence-corrected chi connectivity index (χ3v) is 5.16. The van der Waals surface area contributed by atoms with Gasteiger partial charge in [-0.15, -0.1) is 23.4 Å². The number of hydrogen-bond donors (Lipinski definition) is 2. The molecule has 0 saturated carbocycles. The van der Waals surface area contributed by atoms with Crippen molar-refractivity contribution in [2.75, 3.05) is 18.2 Å². The quantitative estimate of drug-likeness (QED) is 0.257. The van der Waals surface area contributed by atoms with E-state index in [2.05, 4.69) is 5.32 Å². The number of carbonyl (C=O) groups is 5. The fraction of sp³-hybridized carbons (Fsp3) is 0.500. The SMILES string of the molecule is CC(=O)OCC1=C(C(=O)O)N2C(=O)C(NC(=O)CC(=O)CCl)C2SC1. The van der Waals surface area contributed by atoms with Gasteiger partial charge in [0.1, 0.15) is 23.7 Å². The van der Waals surface area contributed by atoms with Crippen molar-refractivity contribution in [2.24, 2.45) is 0 Å². The summed E-state index contributed by atoms with van der Waals surface area (Å²) in [6, 6.07) is -0.912. The molecule has 11 heteroatoms. The number of aliphatic carboxylic acids is 1. The Balaban J connectivity index is 2.10. The number of nitrogens with one attached hydrogen (secondary N) is 1. The largest absolute Gasteiger partial charge is 0.477 e. The van der Waals surface area contributed by atoms with Gasteiger partial charge in [0, 0.05) is 18.2 Å². The second-order valence-electron chi connectivity index (χ2n) is 5.34. The number of fused-ring (bicyclic) bond motifs is 1. The number of hydrogen-bond acceptors (Lipinski definition) is 7. The minimum absolute atomic E-state index is 0.221. The molecule has 0 aromatic carbocycles. The van der Waals surface area contributed by atoms with Gasteiger partial charge in [0.05, 0.1) is 12.3 Å².